The van der Waals surface area contributed by atoms with Crippen LogP contribution in [0.1, 0.15) is 18.3 Å². The van der Waals surface area contributed by atoms with Crippen LogP contribution < -0.4 is 10.7 Å². The average molecular weight is 507 g/mol. The number of rotatable bonds is 9. The van der Waals surface area contributed by atoms with Crippen molar-refractivity contribution in [2.45, 2.75) is 18.6 Å². The highest BCUT2D eigenvalue weighted by atomic mass is 32.2. The fourth-order valence-corrected chi connectivity index (χ4v) is 4.63. The maximum atomic E-state index is 12.6. The Balaban J connectivity index is 1.26. The second-order valence-corrected chi connectivity index (χ2v) is 9.31. The summed E-state index contributed by atoms with van der Waals surface area (Å²) < 4.78 is 1.97. The van der Waals surface area contributed by atoms with Crippen LogP contribution in [0.3, 0.4) is 0 Å². The third kappa shape index (κ3) is 6.05. The zero-order chi connectivity index (χ0) is 25.5. The Hall–Kier alpha value is -4.43. The molecule has 2 N–H and O–H groups in total. The number of nitrogens with one attached hydrogen (secondary N) is 2. The van der Waals surface area contributed by atoms with E-state index in [0.717, 1.165) is 33.9 Å². The summed E-state index contributed by atoms with van der Waals surface area (Å²) in [5.41, 5.74) is 6.31. The minimum absolute atomic E-state index is 0.158. The van der Waals surface area contributed by atoms with Gasteiger partial charge in [-0.05, 0) is 53.6 Å². The molecule has 4 aromatic carbocycles. The fraction of sp³-hybridized carbons (Fsp3) is 0.103. The summed E-state index contributed by atoms with van der Waals surface area (Å²) in [4.78, 5) is 12.6. The summed E-state index contributed by atoms with van der Waals surface area (Å²) in [6.07, 6.45) is 0. The first kappa shape index (κ1) is 24.3. The molecule has 1 heterocycles. The Kier molecular flexibility index (Phi) is 7.57. The summed E-state index contributed by atoms with van der Waals surface area (Å²) in [6.45, 7) is 2.38. The predicted octanol–water partition coefficient (Wildman–Crippen LogP) is 5.67. The number of anilines is 1. The van der Waals surface area contributed by atoms with Crippen LogP contribution in [0.4, 0.5) is 5.69 Å². The van der Waals surface area contributed by atoms with Crippen molar-refractivity contribution in [2.24, 2.45) is 5.10 Å². The molecule has 0 spiro atoms. The Morgan fingerprint density at radius 3 is 2.35 bits per heavy atom. The number of hydrogen-bond donors (Lipinski definition) is 2. The number of benzene rings is 4. The molecular formula is C29H26N6OS. The van der Waals surface area contributed by atoms with Gasteiger partial charge in [0, 0.05) is 11.4 Å². The van der Waals surface area contributed by atoms with Gasteiger partial charge in [-0.3, -0.25) is 9.36 Å². The van der Waals surface area contributed by atoms with Crippen molar-refractivity contribution < 1.29 is 4.79 Å². The standard InChI is InChI=1S/C29H26N6OS/c1-21(23-17-16-22-10-8-9-11-24(22)18-23)31-33-28(36)20-37-29-34-32-27(19-30-25-12-4-2-5-13-25)35(29)26-14-6-3-7-15-26/h2-18,30H,19-20H2,1H3,(H,33,36). The third-order valence-corrected chi connectivity index (χ3v) is 6.72. The van der Waals surface area contributed by atoms with E-state index in [4.69, 9.17) is 0 Å². The van der Waals surface area contributed by atoms with Crippen molar-refractivity contribution in [2.75, 3.05) is 11.1 Å². The summed E-state index contributed by atoms with van der Waals surface area (Å²) >= 11 is 1.32. The zero-order valence-corrected chi connectivity index (χ0v) is 21.2. The Morgan fingerprint density at radius 1 is 0.865 bits per heavy atom. The highest BCUT2D eigenvalue weighted by molar-refractivity contribution is 7.99. The van der Waals surface area contributed by atoms with Crippen LogP contribution in [0.2, 0.25) is 0 Å². The van der Waals surface area contributed by atoms with Gasteiger partial charge in [0.25, 0.3) is 5.91 Å². The number of hydrogen-bond acceptors (Lipinski definition) is 6. The van der Waals surface area contributed by atoms with E-state index >= 15 is 0 Å². The Labute approximate surface area is 219 Å². The maximum Gasteiger partial charge on any atom is 0.250 e. The van der Waals surface area contributed by atoms with Gasteiger partial charge in [-0.2, -0.15) is 5.10 Å². The highest BCUT2D eigenvalue weighted by Crippen LogP contribution is 2.23. The van der Waals surface area contributed by atoms with Gasteiger partial charge in [0.05, 0.1) is 18.0 Å². The monoisotopic (exact) mass is 506 g/mol. The normalized spacial score (nSPS) is 11.4. The van der Waals surface area contributed by atoms with E-state index in [0.29, 0.717) is 11.7 Å². The van der Waals surface area contributed by atoms with Gasteiger partial charge >= 0.3 is 0 Å². The lowest BCUT2D eigenvalue weighted by atomic mass is 10.0. The molecule has 0 radical (unpaired) electrons. The van der Waals surface area contributed by atoms with E-state index < -0.39 is 0 Å². The van der Waals surface area contributed by atoms with Crippen LogP contribution in [0.5, 0.6) is 0 Å². The molecule has 37 heavy (non-hydrogen) atoms. The van der Waals surface area contributed by atoms with E-state index in [-0.39, 0.29) is 11.7 Å². The number of thioether (sulfide) groups is 1. The first-order valence-corrected chi connectivity index (χ1v) is 12.9. The number of para-hydroxylation sites is 2. The van der Waals surface area contributed by atoms with E-state index in [9.17, 15) is 4.79 Å². The van der Waals surface area contributed by atoms with Gasteiger partial charge in [-0.1, -0.05) is 84.6 Å². The van der Waals surface area contributed by atoms with Crippen molar-refractivity contribution in [3.05, 3.63) is 115 Å². The van der Waals surface area contributed by atoms with Crippen LogP contribution in [0.15, 0.2) is 113 Å². The molecule has 0 bridgehead atoms. The van der Waals surface area contributed by atoms with Crippen LogP contribution in [0.25, 0.3) is 16.5 Å². The van der Waals surface area contributed by atoms with Crippen LogP contribution in [-0.4, -0.2) is 32.1 Å². The number of hydrazone groups is 1. The van der Waals surface area contributed by atoms with Crippen molar-refractivity contribution in [3.8, 4) is 5.69 Å². The molecule has 0 aliphatic carbocycles. The topological polar surface area (TPSA) is 84.2 Å². The van der Waals surface area contributed by atoms with Gasteiger partial charge < -0.3 is 5.32 Å². The summed E-state index contributed by atoms with van der Waals surface area (Å²) in [5, 5.41) is 19.4. The van der Waals surface area contributed by atoms with Crippen LogP contribution in [0, 0.1) is 0 Å². The van der Waals surface area contributed by atoms with Gasteiger partial charge in [-0.25, -0.2) is 5.43 Å². The molecule has 5 rings (SSSR count). The van der Waals surface area contributed by atoms with E-state index in [1.54, 1.807) is 0 Å². The van der Waals surface area contributed by atoms with Crippen molar-refractivity contribution >= 4 is 39.8 Å². The lowest BCUT2D eigenvalue weighted by molar-refractivity contribution is -0.118. The summed E-state index contributed by atoms with van der Waals surface area (Å²) in [5.74, 6) is 0.700. The molecule has 5 aromatic rings. The highest BCUT2D eigenvalue weighted by Gasteiger charge is 2.16. The number of carbonyl (C=O) groups is 1. The average Bonchev–Trinajstić information content (AvgIpc) is 3.37. The smallest absolute Gasteiger partial charge is 0.250 e. The second-order valence-electron chi connectivity index (χ2n) is 8.37. The Bertz CT molecular complexity index is 1530. The number of fused-ring (bicyclic) bond motifs is 1. The SMILES string of the molecule is CC(=NNC(=O)CSc1nnc(CNc2ccccc2)n1-c1ccccc1)c1ccc2ccccc2c1. The van der Waals surface area contributed by atoms with Crippen LogP contribution in [-0.2, 0) is 11.3 Å². The maximum absolute atomic E-state index is 12.6. The minimum Gasteiger partial charge on any atom is -0.378 e. The molecule has 0 saturated heterocycles. The molecule has 0 fully saturated rings. The van der Waals surface area contributed by atoms with Crippen molar-refractivity contribution in [1.29, 1.82) is 0 Å². The largest absolute Gasteiger partial charge is 0.378 e. The first-order valence-electron chi connectivity index (χ1n) is 11.9. The molecule has 7 nitrogen and oxygen atoms in total. The molecule has 1 aromatic heterocycles. The molecule has 0 aliphatic rings. The first-order chi connectivity index (χ1) is 18.2. The van der Waals surface area contributed by atoms with E-state index in [1.807, 2.05) is 90.4 Å². The Morgan fingerprint density at radius 2 is 1.57 bits per heavy atom. The van der Waals surface area contributed by atoms with Crippen LogP contribution >= 0.6 is 11.8 Å². The molecule has 0 atom stereocenters. The quantitative estimate of drug-likeness (QED) is 0.153. The van der Waals surface area contributed by atoms with Crippen molar-refractivity contribution in [1.82, 2.24) is 20.2 Å². The number of carbonyl (C=O) groups excluding carboxylic acids is 1. The second kappa shape index (κ2) is 11.5. The van der Waals surface area contributed by atoms with Gasteiger partial charge in [0.2, 0.25) is 0 Å². The van der Waals surface area contributed by atoms with Gasteiger partial charge in [0.15, 0.2) is 11.0 Å². The number of nitrogens with zero attached hydrogens (tertiary/aromatic N) is 4. The molecule has 8 heteroatoms. The van der Waals surface area contributed by atoms with Gasteiger partial charge in [-0.15, -0.1) is 10.2 Å². The van der Waals surface area contributed by atoms with Crippen molar-refractivity contribution in [3.63, 3.8) is 0 Å². The summed E-state index contributed by atoms with van der Waals surface area (Å²) in [7, 11) is 0. The lowest BCUT2D eigenvalue weighted by Crippen LogP contribution is -2.21. The third-order valence-electron chi connectivity index (χ3n) is 5.79. The molecule has 0 unspecified atom stereocenters. The molecule has 1 amide bonds. The minimum atomic E-state index is -0.211. The molecule has 0 aliphatic heterocycles. The zero-order valence-electron chi connectivity index (χ0n) is 20.3. The molecule has 0 saturated carbocycles. The predicted molar refractivity (Wildman–Crippen MR) is 150 cm³/mol. The lowest BCUT2D eigenvalue weighted by Gasteiger charge is -2.11. The summed E-state index contributed by atoms with van der Waals surface area (Å²) in [6, 6.07) is 34.1. The fourth-order valence-electron chi connectivity index (χ4n) is 3.87. The number of amides is 1. The molecular weight excluding hydrogens is 480 g/mol. The number of aromatic nitrogens is 3. The van der Waals surface area contributed by atoms with E-state index in [1.165, 1.54) is 17.1 Å². The van der Waals surface area contributed by atoms with Gasteiger partial charge in [0.1, 0.15) is 0 Å². The molecule has 184 valence electrons. The van der Waals surface area contributed by atoms with E-state index in [2.05, 4.69) is 50.3 Å².